The number of hydrogen-bond donors (Lipinski definition) is 1. The van der Waals surface area contributed by atoms with E-state index >= 15 is 0 Å². The molecular weight excluding hydrogens is 695 g/mol. The van der Waals surface area contributed by atoms with Gasteiger partial charge in [-0.25, -0.2) is 4.79 Å². The lowest BCUT2D eigenvalue weighted by molar-refractivity contribution is -0.384. The second-order valence-corrected chi connectivity index (χ2v) is 16.7. The number of nitro benzene ring substituents is 1. The molecule has 3 aliphatic heterocycles. The van der Waals surface area contributed by atoms with E-state index < -0.39 is 30.4 Å². The Morgan fingerprint density at radius 1 is 1.00 bits per heavy atom. The Kier molecular flexibility index (Phi) is 12.2. The molecule has 2 atom stereocenters. The first-order valence-corrected chi connectivity index (χ1v) is 19.8. The van der Waals surface area contributed by atoms with Gasteiger partial charge < -0.3 is 28.7 Å². The third kappa shape index (κ3) is 9.44. The molecule has 12 nitrogen and oxygen atoms in total. The van der Waals surface area contributed by atoms with E-state index in [1.165, 1.54) is 12.1 Å². The molecule has 3 aromatic carbocycles. The van der Waals surface area contributed by atoms with Crippen molar-refractivity contribution in [3.8, 4) is 0 Å². The lowest BCUT2D eigenvalue weighted by Gasteiger charge is -2.43. The molecule has 53 heavy (non-hydrogen) atoms. The monoisotopic (exact) mass is 744 g/mol. The van der Waals surface area contributed by atoms with Crippen molar-refractivity contribution in [3.63, 3.8) is 0 Å². The molecule has 0 radical (unpaired) electrons. The normalized spacial score (nSPS) is 20.7. The number of ether oxygens (including phenoxy) is 2. The van der Waals surface area contributed by atoms with E-state index in [4.69, 9.17) is 18.5 Å². The molecule has 2 fully saturated rings. The van der Waals surface area contributed by atoms with Crippen LogP contribution in [0, 0.1) is 15.5 Å². The van der Waals surface area contributed by atoms with Gasteiger partial charge in [-0.05, 0) is 42.7 Å². The number of carbonyl (C=O) groups excluding carboxylic acids is 1. The van der Waals surface area contributed by atoms with Crippen LogP contribution in [0.2, 0.25) is 0 Å². The molecule has 6 rings (SSSR count). The molecule has 282 valence electrons. The summed E-state index contributed by atoms with van der Waals surface area (Å²) in [6.07, 6.45) is 0.0375. The van der Waals surface area contributed by atoms with E-state index in [0.29, 0.717) is 56.2 Å². The molecule has 0 amide bonds. The summed E-state index contributed by atoms with van der Waals surface area (Å²) in [5, 5.41) is 15.5. The number of dihydropyridines is 1. The molecule has 0 bridgehead atoms. The lowest BCUT2D eigenvalue weighted by atomic mass is 9.77. The van der Waals surface area contributed by atoms with Crippen LogP contribution >= 0.6 is 7.60 Å². The van der Waals surface area contributed by atoms with Crippen molar-refractivity contribution in [3.05, 3.63) is 129 Å². The highest BCUT2D eigenvalue weighted by Gasteiger charge is 2.45. The van der Waals surface area contributed by atoms with Gasteiger partial charge in [0.1, 0.15) is 6.61 Å². The highest BCUT2D eigenvalue weighted by Crippen LogP contribution is 2.56. The van der Waals surface area contributed by atoms with Gasteiger partial charge in [0.05, 0.1) is 49.6 Å². The van der Waals surface area contributed by atoms with Gasteiger partial charge in [0.25, 0.3) is 5.69 Å². The Hall–Kier alpha value is -4.32. The Labute approximate surface area is 311 Å². The summed E-state index contributed by atoms with van der Waals surface area (Å²) in [5.41, 5.74) is 4.72. The number of nitrogens with one attached hydrogen (secondary N) is 1. The molecular formula is C40H49N4O8P. The van der Waals surface area contributed by atoms with Crippen LogP contribution in [-0.2, 0) is 34.4 Å². The van der Waals surface area contributed by atoms with Gasteiger partial charge in [0.15, 0.2) is 0 Å². The number of benzene rings is 3. The van der Waals surface area contributed by atoms with Crippen LogP contribution in [0.1, 0.15) is 44.7 Å². The van der Waals surface area contributed by atoms with Gasteiger partial charge >= 0.3 is 13.6 Å². The Bertz CT molecular complexity index is 1860. The number of allylic oxidation sites excluding steroid dienone is 2. The highest BCUT2D eigenvalue weighted by molar-refractivity contribution is 7.54. The van der Waals surface area contributed by atoms with Crippen molar-refractivity contribution < 1.29 is 32.8 Å². The smallest absolute Gasteiger partial charge is 0.336 e. The van der Waals surface area contributed by atoms with Crippen molar-refractivity contribution in [1.29, 1.82) is 0 Å². The Balaban J connectivity index is 1.34. The minimum atomic E-state index is -3.59. The van der Waals surface area contributed by atoms with E-state index in [1.54, 1.807) is 12.1 Å². The van der Waals surface area contributed by atoms with Crippen LogP contribution in [0.15, 0.2) is 107 Å². The molecule has 3 aromatic rings. The zero-order valence-electron chi connectivity index (χ0n) is 30.9. The van der Waals surface area contributed by atoms with Gasteiger partial charge in [-0.3, -0.25) is 19.6 Å². The number of carbonyl (C=O) groups is 1. The zero-order valence-corrected chi connectivity index (χ0v) is 31.8. The molecule has 3 aliphatic rings. The fourth-order valence-electron chi connectivity index (χ4n) is 7.20. The number of anilines is 1. The van der Waals surface area contributed by atoms with Gasteiger partial charge in [-0.2, -0.15) is 0 Å². The van der Waals surface area contributed by atoms with E-state index in [9.17, 15) is 19.5 Å². The summed E-state index contributed by atoms with van der Waals surface area (Å²) in [6.45, 7) is 11.5. The number of rotatable bonds is 13. The van der Waals surface area contributed by atoms with Crippen molar-refractivity contribution in [2.75, 3.05) is 63.7 Å². The van der Waals surface area contributed by atoms with Crippen molar-refractivity contribution in [1.82, 2.24) is 10.2 Å². The Morgan fingerprint density at radius 2 is 1.66 bits per heavy atom. The van der Waals surface area contributed by atoms with E-state index in [2.05, 4.69) is 27.2 Å². The number of nitrogens with zero attached hydrogens (tertiary/aromatic N) is 3. The van der Waals surface area contributed by atoms with Gasteiger partial charge in [0, 0.05) is 66.2 Å². The first kappa shape index (κ1) is 38.4. The topological polar surface area (TPSA) is 133 Å². The second-order valence-electron chi connectivity index (χ2n) is 14.6. The van der Waals surface area contributed by atoms with Crippen molar-refractivity contribution in [2.45, 2.75) is 46.2 Å². The van der Waals surface area contributed by atoms with E-state index in [-0.39, 0.29) is 37.1 Å². The quantitative estimate of drug-likeness (QED) is 0.0836. The largest absolute Gasteiger partial charge is 0.460 e. The average Bonchev–Trinajstić information content (AvgIpc) is 3.16. The number of non-ortho nitro benzene ring substituents is 1. The number of para-hydroxylation sites is 1. The summed E-state index contributed by atoms with van der Waals surface area (Å²) in [6, 6.07) is 25.9. The molecule has 0 saturated carbocycles. The first-order chi connectivity index (χ1) is 25.4. The standard InChI is InChI=1S/C40H49N4O8P/c1-29-36(35(42-18-21-49-22-19-42)26-53(48)51-27-40(3,4)28-52-53)38(32-14-11-17-34(24-32)44(46)47)37(30(2)41-29)39(45)50-23-20-43(33-15-9-6-10-16-33)25-31-12-7-5-8-13-31/h5-17,24,35,38,41H,18-23,25-28H2,1-4H3. The van der Waals surface area contributed by atoms with E-state index in [1.807, 2.05) is 76.2 Å². The van der Waals surface area contributed by atoms with Crippen LogP contribution in [0.4, 0.5) is 11.4 Å². The predicted molar refractivity (Wildman–Crippen MR) is 204 cm³/mol. The fraction of sp³-hybridized carbons (Fsp3) is 0.425. The molecule has 1 N–H and O–H groups in total. The summed E-state index contributed by atoms with van der Waals surface area (Å²) in [4.78, 5) is 30.4. The third-order valence-electron chi connectivity index (χ3n) is 9.92. The van der Waals surface area contributed by atoms with Crippen LogP contribution in [0.25, 0.3) is 0 Å². The van der Waals surface area contributed by atoms with Gasteiger partial charge in [0.2, 0.25) is 0 Å². The maximum absolute atomic E-state index is 14.4. The van der Waals surface area contributed by atoms with Crippen molar-refractivity contribution in [2.24, 2.45) is 5.41 Å². The maximum Gasteiger partial charge on any atom is 0.336 e. The fourth-order valence-corrected chi connectivity index (χ4v) is 9.43. The first-order valence-electron chi connectivity index (χ1n) is 18.1. The van der Waals surface area contributed by atoms with E-state index in [0.717, 1.165) is 22.5 Å². The summed E-state index contributed by atoms with van der Waals surface area (Å²) < 4.78 is 38.1. The summed E-state index contributed by atoms with van der Waals surface area (Å²) in [7, 11) is -3.59. The maximum atomic E-state index is 14.4. The SMILES string of the molecule is CC1=C(C(=O)OCCN(Cc2ccccc2)c2ccccc2)C(c2cccc([N+](=O)[O-])c2)C(C(CP2(=O)OCC(C)(C)CO2)N2CCOCC2)=C(C)N1. The van der Waals surface area contributed by atoms with Gasteiger partial charge in [-0.15, -0.1) is 0 Å². The van der Waals surface area contributed by atoms with Crippen molar-refractivity contribution >= 4 is 24.9 Å². The molecule has 0 spiro atoms. The zero-order chi connectivity index (χ0) is 37.6. The number of nitro groups is 1. The third-order valence-corrected chi connectivity index (χ3v) is 11.8. The Morgan fingerprint density at radius 3 is 2.32 bits per heavy atom. The van der Waals surface area contributed by atoms with Crippen LogP contribution in [0.5, 0.6) is 0 Å². The van der Waals surface area contributed by atoms with Crippen LogP contribution < -0.4 is 10.2 Å². The lowest BCUT2D eigenvalue weighted by Crippen LogP contribution is -2.49. The minimum Gasteiger partial charge on any atom is -0.460 e. The summed E-state index contributed by atoms with van der Waals surface area (Å²) >= 11 is 0. The second kappa shape index (κ2) is 16.8. The van der Waals surface area contributed by atoms with Crippen LogP contribution in [0.3, 0.4) is 0 Å². The number of morpholine rings is 1. The molecule has 0 aliphatic carbocycles. The molecule has 2 unspecified atom stereocenters. The molecule has 13 heteroatoms. The van der Waals surface area contributed by atoms with Crippen LogP contribution in [-0.4, -0.2) is 80.7 Å². The highest BCUT2D eigenvalue weighted by atomic mass is 31.2. The van der Waals surface area contributed by atoms with Gasteiger partial charge in [-0.1, -0.05) is 74.5 Å². The molecule has 3 heterocycles. The molecule has 0 aromatic heterocycles. The molecule has 2 saturated heterocycles. The minimum absolute atomic E-state index is 0.0375. The number of esters is 1. The number of hydrogen-bond acceptors (Lipinski definition) is 11. The average molecular weight is 745 g/mol. The predicted octanol–water partition coefficient (Wildman–Crippen LogP) is 7.05. The summed E-state index contributed by atoms with van der Waals surface area (Å²) in [5.74, 6) is -1.29.